The van der Waals surface area contributed by atoms with E-state index in [1.54, 1.807) is 24.3 Å². The second-order valence-electron chi connectivity index (χ2n) is 5.38. The Labute approximate surface area is 129 Å². The minimum atomic E-state index is -0.245. The zero-order chi connectivity index (χ0) is 15.7. The fourth-order valence-corrected chi connectivity index (χ4v) is 2.71. The number of hydrogen-bond acceptors (Lipinski definition) is 3. The third kappa shape index (κ3) is 2.37. The predicted molar refractivity (Wildman–Crippen MR) is 83.2 cm³/mol. The van der Waals surface area contributed by atoms with Gasteiger partial charge in [-0.15, -0.1) is 0 Å². The van der Waals surface area contributed by atoms with Crippen LogP contribution in [0.15, 0.2) is 42.5 Å². The van der Waals surface area contributed by atoms with Crippen molar-refractivity contribution in [2.75, 3.05) is 13.2 Å². The molecule has 0 atom stereocenters. The van der Waals surface area contributed by atoms with Crippen LogP contribution in [0.1, 0.15) is 31.8 Å². The molecule has 0 bridgehead atoms. The molecule has 2 aromatic rings. The van der Waals surface area contributed by atoms with Gasteiger partial charge in [-0.25, -0.2) is 0 Å². The van der Waals surface area contributed by atoms with Crippen molar-refractivity contribution in [3.63, 3.8) is 0 Å². The van der Waals surface area contributed by atoms with Crippen LogP contribution in [0.5, 0.6) is 5.75 Å². The fraction of sp³-hybridized carbons (Fsp3) is 0.222. The van der Waals surface area contributed by atoms with E-state index in [2.05, 4.69) is 0 Å². The number of hydrogen-bond donors (Lipinski definition) is 0. The van der Waals surface area contributed by atoms with E-state index in [1.807, 2.05) is 32.0 Å². The summed E-state index contributed by atoms with van der Waals surface area (Å²) in [5.74, 6) is 0.329. The zero-order valence-electron chi connectivity index (χ0n) is 12.6. The van der Waals surface area contributed by atoms with Gasteiger partial charge in [0.05, 0.1) is 17.7 Å². The SMILES string of the molecule is Cc1cccc(C)c1OCCN1C(=O)c2ccccc2C1=O. The van der Waals surface area contributed by atoms with Gasteiger partial charge in [-0.1, -0.05) is 30.3 Å². The average Bonchev–Trinajstić information content (AvgIpc) is 2.75. The molecule has 0 unspecified atom stereocenters. The van der Waals surface area contributed by atoms with E-state index in [1.165, 1.54) is 4.90 Å². The molecular formula is C18H17NO3. The van der Waals surface area contributed by atoms with Crippen LogP contribution in [0.2, 0.25) is 0 Å². The third-order valence-electron chi connectivity index (χ3n) is 3.85. The van der Waals surface area contributed by atoms with Crippen molar-refractivity contribution in [1.82, 2.24) is 4.90 Å². The Bertz CT molecular complexity index is 696. The number of para-hydroxylation sites is 1. The molecule has 0 aliphatic carbocycles. The van der Waals surface area contributed by atoms with Crippen molar-refractivity contribution >= 4 is 11.8 Å². The van der Waals surface area contributed by atoms with Crippen LogP contribution in [0.3, 0.4) is 0 Å². The van der Waals surface area contributed by atoms with Crippen molar-refractivity contribution in [1.29, 1.82) is 0 Å². The molecule has 0 saturated heterocycles. The van der Waals surface area contributed by atoms with Crippen LogP contribution in [-0.2, 0) is 0 Å². The van der Waals surface area contributed by atoms with Crippen LogP contribution in [0.4, 0.5) is 0 Å². The van der Waals surface area contributed by atoms with Gasteiger partial charge in [-0.05, 0) is 37.1 Å². The number of fused-ring (bicyclic) bond motifs is 1. The predicted octanol–water partition coefficient (Wildman–Crippen LogP) is 2.98. The highest BCUT2D eigenvalue weighted by Crippen LogP contribution is 2.24. The lowest BCUT2D eigenvalue weighted by Gasteiger charge is -2.16. The summed E-state index contributed by atoms with van der Waals surface area (Å²) in [5.41, 5.74) is 3.03. The minimum absolute atomic E-state index is 0.245. The van der Waals surface area contributed by atoms with Crippen molar-refractivity contribution < 1.29 is 14.3 Å². The molecule has 3 rings (SSSR count). The first-order chi connectivity index (χ1) is 10.6. The van der Waals surface area contributed by atoms with Crippen molar-refractivity contribution in [2.24, 2.45) is 0 Å². The fourth-order valence-electron chi connectivity index (χ4n) is 2.71. The van der Waals surface area contributed by atoms with E-state index >= 15 is 0 Å². The number of imide groups is 1. The lowest BCUT2D eigenvalue weighted by Crippen LogP contribution is -2.33. The van der Waals surface area contributed by atoms with E-state index in [0.29, 0.717) is 11.1 Å². The molecule has 0 fully saturated rings. The second-order valence-corrected chi connectivity index (χ2v) is 5.38. The lowest BCUT2D eigenvalue weighted by molar-refractivity contribution is 0.0631. The number of nitrogens with zero attached hydrogens (tertiary/aromatic N) is 1. The average molecular weight is 295 g/mol. The highest BCUT2D eigenvalue weighted by atomic mass is 16.5. The summed E-state index contributed by atoms with van der Waals surface area (Å²) in [7, 11) is 0. The highest BCUT2D eigenvalue weighted by Gasteiger charge is 2.34. The van der Waals surface area contributed by atoms with Gasteiger partial charge >= 0.3 is 0 Å². The number of amides is 2. The molecular weight excluding hydrogens is 278 g/mol. The number of benzene rings is 2. The molecule has 2 amide bonds. The largest absolute Gasteiger partial charge is 0.491 e. The molecule has 0 N–H and O–H groups in total. The normalized spacial score (nSPS) is 13.5. The Morgan fingerprint density at radius 3 is 1.95 bits per heavy atom. The smallest absolute Gasteiger partial charge is 0.261 e. The van der Waals surface area contributed by atoms with Gasteiger partial charge in [0.2, 0.25) is 0 Å². The number of carbonyl (C=O) groups excluding carboxylic acids is 2. The van der Waals surface area contributed by atoms with Crippen LogP contribution < -0.4 is 4.74 Å². The maximum absolute atomic E-state index is 12.2. The Balaban J connectivity index is 1.69. The van der Waals surface area contributed by atoms with E-state index in [0.717, 1.165) is 16.9 Å². The molecule has 4 nitrogen and oxygen atoms in total. The molecule has 0 aromatic heterocycles. The Morgan fingerprint density at radius 1 is 0.864 bits per heavy atom. The van der Waals surface area contributed by atoms with E-state index < -0.39 is 0 Å². The molecule has 112 valence electrons. The van der Waals surface area contributed by atoms with E-state index in [-0.39, 0.29) is 25.0 Å². The van der Waals surface area contributed by atoms with Gasteiger partial charge in [0.25, 0.3) is 11.8 Å². The first-order valence-electron chi connectivity index (χ1n) is 7.24. The summed E-state index contributed by atoms with van der Waals surface area (Å²) in [6.07, 6.45) is 0. The standard InChI is InChI=1S/C18H17NO3/c1-12-6-5-7-13(2)16(12)22-11-10-19-17(20)14-8-3-4-9-15(14)18(19)21/h3-9H,10-11H2,1-2H3. The Morgan fingerprint density at radius 2 is 1.41 bits per heavy atom. The summed E-state index contributed by atoms with van der Waals surface area (Å²) in [6.45, 7) is 4.49. The van der Waals surface area contributed by atoms with Crippen molar-refractivity contribution in [3.05, 3.63) is 64.7 Å². The molecule has 1 aliphatic heterocycles. The maximum Gasteiger partial charge on any atom is 0.261 e. The third-order valence-corrected chi connectivity index (χ3v) is 3.85. The van der Waals surface area contributed by atoms with Crippen LogP contribution in [0, 0.1) is 13.8 Å². The lowest BCUT2D eigenvalue weighted by atomic mass is 10.1. The molecule has 2 aromatic carbocycles. The quantitative estimate of drug-likeness (QED) is 0.815. The van der Waals surface area contributed by atoms with Gasteiger partial charge in [-0.2, -0.15) is 0 Å². The van der Waals surface area contributed by atoms with E-state index in [4.69, 9.17) is 4.74 Å². The van der Waals surface area contributed by atoms with Crippen molar-refractivity contribution in [2.45, 2.75) is 13.8 Å². The summed E-state index contributed by atoms with van der Waals surface area (Å²) >= 11 is 0. The molecule has 1 aliphatic rings. The van der Waals surface area contributed by atoms with Gasteiger partial charge < -0.3 is 4.74 Å². The molecule has 1 heterocycles. The summed E-state index contributed by atoms with van der Waals surface area (Å²) in [4.78, 5) is 25.7. The van der Waals surface area contributed by atoms with Crippen LogP contribution in [-0.4, -0.2) is 29.9 Å². The van der Waals surface area contributed by atoms with E-state index in [9.17, 15) is 9.59 Å². The van der Waals surface area contributed by atoms with Crippen LogP contribution in [0.25, 0.3) is 0 Å². The monoisotopic (exact) mass is 295 g/mol. The zero-order valence-corrected chi connectivity index (χ0v) is 12.6. The highest BCUT2D eigenvalue weighted by molar-refractivity contribution is 6.21. The topological polar surface area (TPSA) is 46.6 Å². The minimum Gasteiger partial charge on any atom is -0.491 e. The number of ether oxygens (including phenoxy) is 1. The Hall–Kier alpha value is -2.62. The summed E-state index contributed by atoms with van der Waals surface area (Å²) in [6, 6.07) is 12.8. The summed E-state index contributed by atoms with van der Waals surface area (Å²) < 4.78 is 5.78. The molecule has 22 heavy (non-hydrogen) atoms. The van der Waals surface area contributed by atoms with Gasteiger partial charge in [-0.3, -0.25) is 14.5 Å². The number of carbonyl (C=O) groups is 2. The molecule has 4 heteroatoms. The van der Waals surface area contributed by atoms with Gasteiger partial charge in [0, 0.05) is 0 Å². The van der Waals surface area contributed by atoms with Gasteiger partial charge in [0.15, 0.2) is 0 Å². The van der Waals surface area contributed by atoms with Crippen LogP contribution >= 0.6 is 0 Å². The first-order valence-corrected chi connectivity index (χ1v) is 7.24. The molecule has 0 saturated carbocycles. The maximum atomic E-state index is 12.2. The second kappa shape index (κ2) is 5.64. The van der Waals surface area contributed by atoms with Gasteiger partial charge in [0.1, 0.15) is 12.4 Å². The molecule has 0 radical (unpaired) electrons. The number of rotatable bonds is 4. The molecule has 0 spiro atoms. The number of aryl methyl sites for hydroxylation is 2. The summed E-state index contributed by atoms with van der Waals surface area (Å²) in [5, 5.41) is 0. The van der Waals surface area contributed by atoms with Crippen molar-refractivity contribution in [3.8, 4) is 5.75 Å². The first kappa shape index (κ1) is 14.3. The Kier molecular flexibility index (Phi) is 3.67.